The van der Waals surface area contributed by atoms with Crippen molar-refractivity contribution in [3.05, 3.63) is 47.5 Å². The first kappa shape index (κ1) is 11.1. The number of hydrogen-bond donors (Lipinski definition) is 2. The van der Waals surface area contributed by atoms with Crippen LogP contribution in [0.15, 0.2) is 41.9 Å². The second-order valence-electron chi connectivity index (χ2n) is 3.82. The highest BCUT2D eigenvalue weighted by molar-refractivity contribution is 7.13. The molecule has 2 N–H and O–H groups in total. The third-order valence-electron chi connectivity index (χ3n) is 2.54. The van der Waals surface area contributed by atoms with E-state index < -0.39 is 5.54 Å². The lowest BCUT2D eigenvalue weighted by Crippen LogP contribution is -2.35. The van der Waals surface area contributed by atoms with Crippen LogP contribution in [-0.2, 0) is 5.54 Å². The summed E-state index contributed by atoms with van der Waals surface area (Å²) >= 11 is 1.53. The minimum atomic E-state index is -0.487. The molecule has 1 heterocycles. The summed E-state index contributed by atoms with van der Waals surface area (Å²) < 4.78 is 0. The zero-order valence-electron chi connectivity index (χ0n) is 9.05. The van der Waals surface area contributed by atoms with Crippen LogP contribution in [0.25, 0.3) is 0 Å². The molecule has 1 unspecified atom stereocenters. The van der Waals surface area contributed by atoms with Crippen LogP contribution in [0.5, 0.6) is 0 Å². The van der Waals surface area contributed by atoms with Gasteiger partial charge in [0.1, 0.15) is 0 Å². The Labute approximate surface area is 98.8 Å². The highest BCUT2D eigenvalue weighted by atomic mass is 32.1. The average Bonchev–Trinajstić information content (AvgIpc) is 2.83. The molecule has 3 nitrogen and oxygen atoms in total. The van der Waals surface area contributed by atoms with Gasteiger partial charge in [0, 0.05) is 11.6 Å². The van der Waals surface area contributed by atoms with Gasteiger partial charge in [-0.05, 0) is 12.5 Å². The molecule has 4 heteroatoms. The van der Waals surface area contributed by atoms with Gasteiger partial charge in [-0.25, -0.2) is 4.98 Å². The molecular weight excluding hydrogens is 220 g/mol. The van der Waals surface area contributed by atoms with Gasteiger partial charge in [-0.3, -0.25) is 0 Å². The minimum Gasteiger partial charge on any atom is -0.394 e. The molecule has 1 atom stereocenters. The van der Waals surface area contributed by atoms with Crippen LogP contribution in [0, 0.1) is 0 Å². The lowest BCUT2D eigenvalue weighted by Gasteiger charge is -2.29. The fourth-order valence-corrected chi connectivity index (χ4v) is 2.19. The Bertz CT molecular complexity index is 430. The first-order chi connectivity index (χ1) is 7.74. The number of aliphatic hydroxyl groups excluding tert-OH is 1. The maximum absolute atomic E-state index is 9.55. The number of thiazole rings is 1. The molecule has 2 aromatic rings. The van der Waals surface area contributed by atoms with Crippen LogP contribution in [0.1, 0.15) is 12.5 Å². The van der Waals surface area contributed by atoms with E-state index in [2.05, 4.69) is 10.3 Å². The highest BCUT2D eigenvalue weighted by Crippen LogP contribution is 2.26. The SMILES string of the molecule is CC(CO)(Nc1nccs1)c1ccccc1. The van der Waals surface area contributed by atoms with Gasteiger partial charge in [-0.2, -0.15) is 0 Å². The first-order valence-electron chi connectivity index (χ1n) is 5.09. The molecule has 16 heavy (non-hydrogen) atoms. The molecule has 0 amide bonds. The first-order valence-corrected chi connectivity index (χ1v) is 5.97. The van der Waals surface area contributed by atoms with Crippen molar-refractivity contribution in [2.45, 2.75) is 12.5 Å². The smallest absolute Gasteiger partial charge is 0.183 e. The molecule has 1 aromatic carbocycles. The summed E-state index contributed by atoms with van der Waals surface area (Å²) in [5.74, 6) is 0. The molecule has 0 bridgehead atoms. The Morgan fingerprint density at radius 2 is 2.12 bits per heavy atom. The predicted octanol–water partition coefficient (Wildman–Crippen LogP) is 2.46. The Morgan fingerprint density at radius 3 is 2.69 bits per heavy atom. The van der Waals surface area contributed by atoms with E-state index >= 15 is 0 Å². The third kappa shape index (κ3) is 2.23. The van der Waals surface area contributed by atoms with E-state index in [4.69, 9.17) is 0 Å². The van der Waals surface area contributed by atoms with Crippen molar-refractivity contribution in [1.82, 2.24) is 4.98 Å². The number of nitrogens with zero attached hydrogens (tertiary/aromatic N) is 1. The van der Waals surface area contributed by atoms with Crippen LogP contribution in [0.4, 0.5) is 5.13 Å². The second-order valence-corrected chi connectivity index (χ2v) is 4.71. The van der Waals surface area contributed by atoms with Gasteiger partial charge < -0.3 is 10.4 Å². The number of hydrogen-bond acceptors (Lipinski definition) is 4. The van der Waals surface area contributed by atoms with E-state index in [0.717, 1.165) is 10.7 Å². The standard InChI is InChI=1S/C12H14N2OS/c1-12(9-15,10-5-3-2-4-6-10)14-11-13-7-8-16-11/h2-8,15H,9H2,1H3,(H,13,14). The van der Waals surface area contributed by atoms with Crippen molar-refractivity contribution < 1.29 is 5.11 Å². The molecule has 1 aromatic heterocycles. The van der Waals surface area contributed by atoms with E-state index in [0.29, 0.717) is 0 Å². The van der Waals surface area contributed by atoms with Crippen molar-refractivity contribution in [3.8, 4) is 0 Å². The van der Waals surface area contributed by atoms with E-state index in [1.54, 1.807) is 6.20 Å². The molecule has 84 valence electrons. The zero-order chi connectivity index (χ0) is 11.4. The summed E-state index contributed by atoms with van der Waals surface area (Å²) in [7, 11) is 0. The highest BCUT2D eigenvalue weighted by Gasteiger charge is 2.25. The number of rotatable bonds is 4. The normalized spacial score (nSPS) is 14.4. The van der Waals surface area contributed by atoms with Gasteiger partial charge in [-0.1, -0.05) is 30.3 Å². The van der Waals surface area contributed by atoms with E-state index in [-0.39, 0.29) is 6.61 Å². The van der Waals surface area contributed by atoms with Crippen molar-refractivity contribution >= 4 is 16.5 Å². The largest absolute Gasteiger partial charge is 0.394 e. The topological polar surface area (TPSA) is 45.1 Å². The molecule has 0 aliphatic rings. The molecule has 0 radical (unpaired) electrons. The maximum atomic E-state index is 9.55. The summed E-state index contributed by atoms with van der Waals surface area (Å²) in [5, 5.41) is 15.5. The lowest BCUT2D eigenvalue weighted by molar-refractivity contribution is 0.224. The Morgan fingerprint density at radius 1 is 1.38 bits per heavy atom. The Balaban J connectivity index is 2.26. The van der Waals surface area contributed by atoms with Crippen LogP contribution < -0.4 is 5.32 Å². The Kier molecular flexibility index (Phi) is 3.22. The van der Waals surface area contributed by atoms with E-state index in [9.17, 15) is 5.11 Å². The minimum absolute atomic E-state index is 0.0244. The van der Waals surface area contributed by atoms with Crippen molar-refractivity contribution in [2.24, 2.45) is 0 Å². The van der Waals surface area contributed by atoms with Crippen LogP contribution in [0.2, 0.25) is 0 Å². The third-order valence-corrected chi connectivity index (χ3v) is 3.23. The van der Waals surface area contributed by atoms with Crippen molar-refractivity contribution in [3.63, 3.8) is 0 Å². The number of aliphatic hydroxyl groups is 1. The summed E-state index contributed by atoms with van der Waals surface area (Å²) in [5.41, 5.74) is 0.562. The van der Waals surface area contributed by atoms with Gasteiger partial charge in [0.25, 0.3) is 0 Å². The lowest BCUT2D eigenvalue weighted by atomic mass is 9.93. The monoisotopic (exact) mass is 234 g/mol. The quantitative estimate of drug-likeness (QED) is 0.854. The molecule has 0 aliphatic carbocycles. The van der Waals surface area contributed by atoms with Gasteiger partial charge in [0.05, 0.1) is 12.1 Å². The van der Waals surface area contributed by atoms with Crippen molar-refractivity contribution in [2.75, 3.05) is 11.9 Å². The molecule has 2 rings (SSSR count). The fourth-order valence-electron chi connectivity index (χ4n) is 1.53. The van der Waals surface area contributed by atoms with E-state index in [1.807, 2.05) is 42.6 Å². The molecule has 0 saturated heterocycles. The van der Waals surface area contributed by atoms with E-state index in [1.165, 1.54) is 11.3 Å². The van der Waals surface area contributed by atoms with Crippen molar-refractivity contribution in [1.29, 1.82) is 0 Å². The number of anilines is 1. The molecule has 0 saturated carbocycles. The van der Waals surface area contributed by atoms with Crippen LogP contribution >= 0.6 is 11.3 Å². The fraction of sp³-hybridized carbons (Fsp3) is 0.250. The van der Waals surface area contributed by atoms with Gasteiger partial charge in [0.15, 0.2) is 5.13 Å². The second kappa shape index (κ2) is 4.63. The van der Waals surface area contributed by atoms with Gasteiger partial charge >= 0.3 is 0 Å². The number of benzene rings is 1. The summed E-state index contributed by atoms with van der Waals surface area (Å²) in [6.07, 6.45) is 1.75. The van der Waals surface area contributed by atoms with Crippen LogP contribution in [0.3, 0.4) is 0 Å². The number of aromatic nitrogens is 1. The van der Waals surface area contributed by atoms with Gasteiger partial charge in [-0.15, -0.1) is 11.3 Å². The summed E-state index contributed by atoms with van der Waals surface area (Å²) in [6, 6.07) is 9.89. The number of nitrogens with one attached hydrogen (secondary N) is 1. The molecule has 0 aliphatic heterocycles. The summed E-state index contributed by atoms with van der Waals surface area (Å²) in [6.45, 7) is 1.99. The predicted molar refractivity (Wildman–Crippen MR) is 66.6 cm³/mol. The van der Waals surface area contributed by atoms with Gasteiger partial charge in [0.2, 0.25) is 0 Å². The summed E-state index contributed by atoms with van der Waals surface area (Å²) in [4.78, 5) is 4.17. The Hall–Kier alpha value is -1.39. The average molecular weight is 234 g/mol. The van der Waals surface area contributed by atoms with Crippen LogP contribution in [-0.4, -0.2) is 16.7 Å². The molecular formula is C12H14N2OS. The zero-order valence-corrected chi connectivity index (χ0v) is 9.87. The maximum Gasteiger partial charge on any atom is 0.183 e. The molecule has 0 fully saturated rings. The molecule has 0 spiro atoms.